The first-order valence-corrected chi connectivity index (χ1v) is 2.93. The minimum atomic E-state index is 0. The van der Waals surface area contributed by atoms with E-state index in [1.807, 2.05) is 0 Å². The molecular formula is C4H14O2Si. The van der Waals surface area contributed by atoms with Crippen LogP contribution in [0.2, 0.25) is 0 Å². The van der Waals surface area contributed by atoms with Crippen molar-refractivity contribution < 1.29 is 9.90 Å². The molecule has 0 aliphatic carbocycles. The molecule has 0 aromatic carbocycles. The summed E-state index contributed by atoms with van der Waals surface area (Å²) in [7, 11) is 0.848. The molecule has 0 saturated heterocycles. The Kier molecular flexibility index (Phi) is 4.63. The standard InChI is InChI=1S/C4H12OSi.H2O/c1-4(2,3)5-6;/h1-3,6H3;1H2. The van der Waals surface area contributed by atoms with E-state index >= 15 is 0 Å². The zero-order valence-electron chi connectivity index (χ0n) is 5.41. The van der Waals surface area contributed by atoms with Crippen molar-refractivity contribution >= 4 is 10.5 Å². The van der Waals surface area contributed by atoms with Gasteiger partial charge in [0.15, 0.2) is 0 Å². The van der Waals surface area contributed by atoms with Gasteiger partial charge in [-0.25, -0.2) is 0 Å². The Bertz CT molecular complexity index is 39.4. The molecule has 0 radical (unpaired) electrons. The average Bonchev–Trinajstić information content (AvgIpc) is 1.35. The second-order valence-corrected chi connectivity index (χ2v) is 2.72. The van der Waals surface area contributed by atoms with E-state index < -0.39 is 0 Å². The van der Waals surface area contributed by atoms with Crippen LogP contribution in [-0.2, 0) is 4.43 Å². The molecule has 0 aromatic heterocycles. The van der Waals surface area contributed by atoms with Crippen LogP contribution < -0.4 is 0 Å². The highest BCUT2D eigenvalue weighted by molar-refractivity contribution is 5.98. The summed E-state index contributed by atoms with van der Waals surface area (Å²) in [6.45, 7) is 6.17. The molecule has 0 aliphatic rings. The maximum atomic E-state index is 5.08. The van der Waals surface area contributed by atoms with Gasteiger partial charge in [0.05, 0.1) is 0 Å². The minimum Gasteiger partial charge on any atom is -0.423 e. The first-order valence-electron chi connectivity index (χ1n) is 2.11. The van der Waals surface area contributed by atoms with Crippen molar-refractivity contribution in [2.45, 2.75) is 26.4 Å². The smallest absolute Gasteiger partial charge is 0.146 e. The van der Waals surface area contributed by atoms with Crippen molar-refractivity contribution in [2.24, 2.45) is 0 Å². The largest absolute Gasteiger partial charge is 0.423 e. The fraction of sp³-hybridized carbons (Fsp3) is 1.00. The van der Waals surface area contributed by atoms with E-state index in [1.54, 1.807) is 0 Å². The maximum Gasteiger partial charge on any atom is 0.146 e. The summed E-state index contributed by atoms with van der Waals surface area (Å²) < 4.78 is 5.08. The van der Waals surface area contributed by atoms with Crippen molar-refractivity contribution in [3.63, 3.8) is 0 Å². The van der Waals surface area contributed by atoms with E-state index in [2.05, 4.69) is 20.8 Å². The third-order valence-corrected chi connectivity index (χ3v) is 1.84. The summed E-state index contributed by atoms with van der Waals surface area (Å²) in [5.74, 6) is 0. The molecule has 3 heteroatoms. The SMILES string of the molecule is CC(C)(C)O[SiH3].O. The maximum absolute atomic E-state index is 5.08. The summed E-state index contributed by atoms with van der Waals surface area (Å²) in [6.07, 6.45) is 0. The Morgan fingerprint density at radius 1 is 1.29 bits per heavy atom. The second-order valence-electron chi connectivity index (χ2n) is 2.32. The van der Waals surface area contributed by atoms with Crippen LogP contribution in [0.5, 0.6) is 0 Å². The lowest BCUT2D eigenvalue weighted by Crippen LogP contribution is -2.16. The van der Waals surface area contributed by atoms with Gasteiger partial charge in [0.1, 0.15) is 10.5 Å². The van der Waals surface area contributed by atoms with Gasteiger partial charge in [0.2, 0.25) is 0 Å². The third-order valence-electron chi connectivity index (χ3n) is 0.612. The molecule has 0 spiro atoms. The van der Waals surface area contributed by atoms with Crippen molar-refractivity contribution in [1.82, 2.24) is 0 Å². The quantitative estimate of drug-likeness (QED) is 0.390. The van der Waals surface area contributed by atoms with E-state index in [4.69, 9.17) is 4.43 Å². The molecule has 0 atom stereocenters. The Balaban J connectivity index is 0. The first kappa shape index (κ1) is 10.2. The summed E-state index contributed by atoms with van der Waals surface area (Å²) in [5.41, 5.74) is 0.103. The third kappa shape index (κ3) is 10.7. The predicted octanol–water partition coefficient (Wildman–Crippen LogP) is -0.743. The fourth-order valence-corrected chi connectivity index (χ4v) is 0. The summed E-state index contributed by atoms with van der Waals surface area (Å²) in [5, 5.41) is 0. The number of rotatable bonds is 0. The van der Waals surface area contributed by atoms with Gasteiger partial charge < -0.3 is 9.90 Å². The molecule has 46 valence electrons. The molecule has 0 unspecified atom stereocenters. The number of hydrogen-bond donors (Lipinski definition) is 0. The molecule has 0 aromatic rings. The van der Waals surface area contributed by atoms with Gasteiger partial charge >= 0.3 is 0 Å². The van der Waals surface area contributed by atoms with Crippen LogP contribution in [0.15, 0.2) is 0 Å². The Morgan fingerprint density at radius 3 is 1.43 bits per heavy atom. The van der Waals surface area contributed by atoms with E-state index in [-0.39, 0.29) is 11.1 Å². The van der Waals surface area contributed by atoms with Crippen molar-refractivity contribution in [1.29, 1.82) is 0 Å². The van der Waals surface area contributed by atoms with Crippen molar-refractivity contribution in [2.75, 3.05) is 0 Å². The lowest BCUT2D eigenvalue weighted by molar-refractivity contribution is 0.147. The fourth-order valence-electron chi connectivity index (χ4n) is 0. The Morgan fingerprint density at radius 2 is 1.43 bits per heavy atom. The normalized spacial score (nSPS) is 10.7. The molecule has 2 nitrogen and oxygen atoms in total. The highest BCUT2D eigenvalue weighted by Crippen LogP contribution is 2.01. The lowest BCUT2D eigenvalue weighted by atomic mass is 10.2. The average molecular weight is 122 g/mol. The van der Waals surface area contributed by atoms with Crippen LogP contribution in [0, 0.1) is 0 Å². The van der Waals surface area contributed by atoms with E-state index in [9.17, 15) is 0 Å². The summed E-state index contributed by atoms with van der Waals surface area (Å²) in [6, 6.07) is 0. The highest BCUT2D eigenvalue weighted by atomic mass is 28.2. The monoisotopic (exact) mass is 122 g/mol. The zero-order chi connectivity index (χ0) is 5.21. The van der Waals surface area contributed by atoms with Crippen LogP contribution in [0.3, 0.4) is 0 Å². The molecule has 0 fully saturated rings. The van der Waals surface area contributed by atoms with Gasteiger partial charge in [-0.2, -0.15) is 0 Å². The van der Waals surface area contributed by atoms with E-state index in [0.29, 0.717) is 0 Å². The summed E-state index contributed by atoms with van der Waals surface area (Å²) in [4.78, 5) is 0. The minimum absolute atomic E-state index is 0. The second kappa shape index (κ2) is 3.18. The molecule has 2 N–H and O–H groups in total. The molecule has 0 saturated carbocycles. The van der Waals surface area contributed by atoms with E-state index in [1.165, 1.54) is 0 Å². The van der Waals surface area contributed by atoms with Crippen LogP contribution in [-0.4, -0.2) is 21.6 Å². The molecule has 0 amide bonds. The molecule has 7 heavy (non-hydrogen) atoms. The van der Waals surface area contributed by atoms with Crippen LogP contribution in [0.4, 0.5) is 0 Å². The topological polar surface area (TPSA) is 40.7 Å². The predicted molar refractivity (Wildman–Crippen MR) is 34.4 cm³/mol. The van der Waals surface area contributed by atoms with Crippen molar-refractivity contribution in [3.05, 3.63) is 0 Å². The van der Waals surface area contributed by atoms with Crippen LogP contribution >= 0.6 is 0 Å². The zero-order valence-corrected chi connectivity index (χ0v) is 7.41. The van der Waals surface area contributed by atoms with Gasteiger partial charge in [0.25, 0.3) is 0 Å². The van der Waals surface area contributed by atoms with E-state index in [0.717, 1.165) is 10.5 Å². The highest BCUT2D eigenvalue weighted by Gasteiger charge is 2.03. The molecule has 0 rings (SSSR count). The lowest BCUT2D eigenvalue weighted by Gasteiger charge is -2.15. The van der Waals surface area contributed by atoms with Crippen molar-refractivity contribution in [3.8, 4) is 0 Å². The molecule has 0 bridgehead atoms. The molecule has 0 aliphatic heterocycles. The van der Waals surface area contributed by atoms with Gasteiger partial charge in [0, 0.05) is 5.60 Å². The summed E-state index contributed by atoms with van der Waals surface area (Å²) >= 11 is 0. The van der Waals surface area contributed by atoms with Gasteiger partial charge in [-0.05, 0) is 20.8 Å². The molecule has 0 heterocycles. The number of hydrogen-bond acceptors (Lipinski definition) is 1. The van der Waals surface area contributed by atoms with Crippen LogP contribution in [0.25, 0.3) is 0 Å². The Hall–Kier alpha value is 0.137. The van der Waals surface area contributed by atoms with Crippen LogP contribution in [0.1, 0.15) is 20.8 Å². The first-order chi connectivity index (χ1) is 2.56. The molecular weight excluding hydrogens is 108 g/mol. The van der Waals surface area contributed by atoms with Gasteiger partial charge in [-0.1, -0.05) is 0 Å². The van der Waals surface area contributed by atoms with Gasteiger partial charge in [-0.15, -0.1) is 0 Å². The Labute approximate surface area is 47.7 Å². The van der Waals surface area contributed by atoms with Gasteiger partial charge in [-0.3, -0.25) is 0 Å².